The van der Waals surface area contributed by atoms with Gasteiger partial charge in [0, 0.05) is 23.4 Å². The normalized spacial score (nSPS) is 16.8. The first-order valence-electron chi connectivity index (χ1n) is 8.91. The molecule has 1 N–H and O–H groups in total. The standard InChI is InChI=1S/C20H22BrN5O/c1-5-26(17-7-6-14(12(2)3)10-16(17)21)20-24-13(4)15(11-27)18(25-20)19-22-8-9-23-19/h6-10,12,18H,5H2,1-4H3,(H,22,23). The van der Waals surface area contributed by atoms with Crippen LogP contribution >= 0.6 is 15.9 Å². The smallest absolute Gasteiger partial charge is 0.226 e. The van der Waals surface area contributed by atoms with Crippen molar-refractivity contribution >= 4 is 39.2 Å². The summed E-state index contributed by atoms with van der Waals surface area (Å²) in [5.41, 5.74) is 3.24. The molecule has 27 heavy (non-hydrogen) atoms. The number of halogens is 1. The molecule has 0 bridgehead atoms. The van der Waals surface area contributed by atoms with Crippen LogP contribution in [0.4, 0.5) is 5.69 Å². The first kappa shape index (κ1) is 19.3. The number of aromatic amines is 1. The molecule has 140 valence electrons. The summed E-state index contributed by atoms with van der Waals surface area (Å²) in [7, 11) is 0. The van der Waals surface area contributed by atoms with Crippen LogP contribution in [0.1, 0.15) is 51.0 Å². The number of aliphatic imine (C=N–C) groups is 2. The number of rotatable bonds is 4. The van der Waals surface area contributed by atoms with Gasteiger partial charge >= 0.3 is 0 Å². The summed E-state index contributed by atoms with van der Waals surface area (Å²) < 4.78 is 0.984. The fourth-order valence-electron chi connectivity index (χ4n) is 3.02. The number of hydrogen-bond donors (Lipinski definition) is 1. The van der Waals surface area contributed by atoms with Crippen molar-refractivity contribution in [2.24, 2.45) is 9.98 Å². The number of benzene rings is 1. The van der Waals surface area contributed by atoms with Crippen molar-refractivity contribution in [2.75, 3.05) is 11.4 Å². The van der Waals surface area contributed by atoms with Gasteiger partial charge in [-0.15, -0.1) is 0 Å². The Morgan fingerprint density at radius 2 is 2.15 bits per heavy atom. The molecule has 7 heteroatoms. The van der Waals surface area contributed by atoms with Gasteiger partial charge in [-0.1, -0.05) is 19.9 Å². The summed E-state index contributed by atoms with van der Waals surface area (Å²) in [6.45, 7) is 8.86. The summed E-state index contributed by atoms with van der Waals surface area (Å²) >= 11 is 3.69. The van der Waals surface area contributed by atoms with E-state index in [0.717, 1.165) is 10.2 Å². The minimum atomic E-state index is -0.534. The van der Waals surface area contributed by atoms with E-state index in [9.17, 15) is 4.79 Å². The molecule has 1 aromatic carbocycles. The van der Waals surface area contributed by atoms with E-state index in [-0.39, 0.29) is 0 Å². The molecule has 3 rings (SSSR count). The molecular formula is C20H22BrN5O. The number of aromatic nitrogens is 2. The van der Waals surface area contributed by atoms with E-state index in [1.807, 2.05) is 17.8 Å². The van der Waals surface area contributed by atoms with Crippen LogP contribution < -0.4 is 4.90 Å². The lowest BCUT2D eigenvalue weighted by molar-refractivity contribution is 0.565. The Morgan fingerprint density at radius 3 is 2.70 bits per heavy atom. The second kappa shape index (κ2) is 8.03. The third kappa shape index (κ3) is 3.80. The quantitative estimate of drug-likeness (QED) is 0.732. The molecule has 2 aromatic rings. The highest BCUT2D eigenvalue weighted by Gasteiger charge is 2.29. The van der Waals surface area contributed by atoms with Crippen molar-refractivity contribution in [1.29, 1.82) is 0 Å². The van der Waals surface area contributed by atoms with E-state index in [1.165, 1.54) is 5.56 Å². The molecule has 0 saturated heterocycles. The highest BCUT2D eigenvalue weighted by atomic mass is 79.9. The van der Waals surface area contributed by atoms with Crippen molar-refractivity contribution in [3.63, 3.8) is 0 Å². The van der Waals surface area contributed by atoms with Crippen LogP contribution in [0.15, 0.2) is 50.6 Å². The molecule has 0 radical (unpaired) electrons. The molecule has 0 saturated carbocycles. The monoisotopic (exact) mass is 427 g/mol. The van der Waals surface area contributed by atoms with Gasteiger partial charge in [0.25, 0.3) is 0 Å². The van der Waals surface area contributed by atoms with Gasteiger partial charge in [0.1, 0.15) is 17.8 Å². The van der Waals surface area contributed by atoms with Crippen LogP contribution in [-0.4, -0.2) is 34.1 Å². The number of nitrogens with one attached hydrogen (secondary N) is 1. The fourth-order valence-corrected chi connectivity index (χ4v) is 3.63. The molecule has 0 amide bonds. The van der Waals surface area contributed by atoms with E-state index in [1.54, 1.807) is 19.3 Å². The van der Waals surface area contributed by atoms with Gasteiger partial charge in [0.2, 0.25) is 5.96 Å². The van der Waals surface area contributed by atoms with Crippen LogP contribution in [0.5, 0.6) is 0 Å². The molecule has 1 aromatic heterocycles. The summed E-state index contributed by atoms with van der Waals surface area (Å²) in [5, 5.41) is 0. The lowest BCUT2D eigenvalue weighted by Crippen LogP contribution is -2.34. The lowest BCUT2D eigenvalue weighted by Gasteiger charge is -2.28. The molecule has 1 atom stereocenters. The Balaban J connectivity index is 2.06. The maximum atomic E-state index is 11.5. The van der Waals surface area contributed by atoms with Gasteiger partial charge in [-0.25, -0.2) is 19.8 Å². The van der Waals surface area contributed by atoms with Gasteiger partial charge in [-0.3, -0.25) is 0 Å². The van der Waals surface area contributed by atoms with Crippen LogP contribution in [0.2, 0.25) is 0 Å². The fraction of sp³-hybridized carbons (Fsp3) is 0.350. The number of imidazole rings is 1. The van der Waals surface area contributed by atoms with E-state index in [2.05, 4.69) is 62.9 Å². The predicted molar refractivity (Wildman–Crippen MR) is 112 cm³/mol. The SMILES string of the molecule is CCN(C1=NC(c2ncc[nH]2)C(=C=O)C(C)=N1)c1ccc(C(C)C)cc1Br. The average Bonchev–Trinajstić information content (AvgIpc) is 3.17. The highest BCUT2D eigenvalue weighted by Crippen LogP contribution is 2.33. The minimum Gasteiger partial charge on any atom is -0.346 e. The Kier molecular flexibility index (Phi) is 5.73. The second-order valence-electron chi connectivity index (χ2n) is 6.63. The molecular weight excluding hydrogens is 406 g/mol. The molecule has 2 heterocycles. The van der Waals surface area contributed by atoms with Gasteiger partial charge in [-0.2, -0.15) is 0 Å². The van der Waals surface area contributed by atoms with Crippen molar-refractivity contribution in [1.82, 2.24) is 9.97 Å². The van der Waals surface area contributed by atoms with E-state index < -0.39 is 6.04 Å². The third-order valence-corrected chi connectivity index (χ3v) is 5.19. The largest absolute Gasteiger partial charge is 0.346 e. The Hall–Kier alpha value is -2.50. The summed E-state index contributed by atoms with van der Waals surface area (Å²) in [4.78, 5) is 30.1. The Morgan fingerprint density at radius 1 is 1.37 bits per heavy atom. The minimum absolute atomic E-state index is 0.402. The Labute approximate surface area is 167 Å². The van der Waals surface area contributed by atoms with Crippen molar-refractivity contribution in [3.8, 4) is 0 Å². The number of guanidine groups is 1. The number of nitrogens with zero attached hydrogens (tertiary/aromatic N) is 4. The van der Waals surface area contributed by atoms with E-state index >= 15 is 0 Å². The number of carbonyl (C=O) groups excluding carboxylic acids is 1. The maximum Gasteiger partial charge on any atom is 0.226 e. The van der Waals surface area contributed by atoms with Gasteiger partial charge < -0.3 is 9.88 Å². The lowest BCUT2D eigenvalue weighted by atomic mass is 10.0. The molecule has 1 unspecified atom stereocenters. The van der Waals surface area contributed by atoms with Crippen molar-refractivity contribution in [2.45, 2.75) is 39.7 Å². The zero-order valence-electron chi connectivity index (χ0n) is 15.8. The first-order chi connectivity index (χ1) is 13.0. The molecule has 0 spiro atoms. The zero-order chi connectivity index (χ0) is 19.6. The van der Waals surface area contributed by atoms with E-state index in [0.29, 0.717) is 35.5 Å². The topological polar surface area (TPSA) is 73.7 Å². The van der Waals surface area contributed by atoms with Crippen molar-refractivity contribution < 1.29 is 4.79 Å². The second-order valence-corrected chi connectivity index (χ2v) is 7.48. The number of hydrogen-bond acceptors (Lipinski definition) is 5. The maximum absolute atomic E-state index is 11.5. The molecule has 1 aliphatic rings. The first-order valence-corrected chi connectivity index (χ1v) is 9.70. The van der Waals surface area contributed by atoms with Gasteiger partial charge in [0.15, 0.2) is 0 Å². The molecule has 0 aliphatic carbocycles. The van der Waals surface area contributed by atoms with Gasteiger partial charge in [-0.05, 0) is 53.4 Å². The van der Waals surface area contributed by atoms with Crippen LogP contribution in [0.25, 0.3) is 0 Å². The van der Waals surface area contributed by atoms with Crippen molar-refractivity contribution in [3.05, 3.63) is 52.0 Å². The molecule has 0 fully saturated rings. The van der Waals surface area contributed by atoms with Crippen LogP contribution in [0.3, 0.4) is 0 Å². The summed E-state index contributed by atoms with van der Waals surface area (Å²) in [6.07, 6.45) is 3.36. The Bertz CT molecular complexity index is 939. The van der Waals surface area contributed by atoms with Crippen LogP contribution in [0, 0.1) is 0 Å². The average molecular weight is 428 g/mol. The third-order valence-electron chi connectivity index (χ3n) is 4.55. The predicted octanol–water partition coefficient (Wildman–Crippen LogP) is 4.45. The summed E-state index contributed by atoms with van der Waals surface area (Å²) in [5.74, 6) is 3.58. The van der Waals surface area contributed by atoms with Crippen LogP contribution in [-0.2, 0) is 4.79 Å². The zero-order valence-corrected chi connectivity index (χ0v) is 17.4. The molecule has 6 nitrogen and oxygen atoms in total. The van der Waals surface area contributed by atoms with Gasteiger partial charge in [0.05, 0.1) is 17.0 Å². The molecule has 1 aliphatic heterocycles. The number of anilines is 1. The highest BCUT2D eigenvalue weighted by molar-refractivity contribution is 9.10. The number of H-pyrrole nitrogens is 1. The van der Waals surface area contributed by atoms with E-state index in [4.69, 9.17) is 4.99 Å². The summed E-state index contributed by atoms with van der Waals surface area (Å²) in [6, 6.07) is 5.79.